The van der Waals surface area contributed by atoms with Crippen molar-refractivity contribution in [2.45, 2.75) is 18.3 Å². The van der Waals surface area contributed by atoms with Gasteiger partial charge in [-0.3, -0.25) is 0 Å². The van der Waals surface area contributed by atoms with Crippen molar-refractivity contribution in [2.75, 3.05) is 7.11 Å². The van der Waals surface area contributed by atoms with Crippen LogP contribution in [0.15, 0.2) is 64.5 Å². The van der Waals surface area contributed by atoms with E-state index in [0.717, 1.165) is 0 Å². The minimum Gasteiger partial charge on any atom is -0.496 e. The lowest BCUT2D eigenvalue weighted by atomic mass is 10.1. The molecule has 0 saturated heterocycles. The molecule has 166 valence electrons. The van der Waals surface area contributed by atoms with Gasteiger partial charge in [0.2, 0.25) is 5.82 Å². The molecule has 2 aliphatic rings. The molecule has 0 N–H and O–H groups in total. The van der Waals surface area contributed by atoms with Crippen LogP contribution < -0.4 is 4.74 Å². The summed E-state index contributed by atoms with van der Waals surface area (Å²) in [7, 11) is 1.57. The van der Waals surface area contributed by atoms with Crippen LogP contribution in [-0.4, -0.2) is 49.6 Å². The minimum absolute atomic E-state index is 0.0318. The van der Waals surface area contributed by atoms with Crippen LogP contribution in [0.4, 0.5) is 4.79 Å². The van der Waals surface area contributed by atoms with E-state index in [-0.39, 0.29) is 24.9 Å². The summed E-state index contributed by atoms with van der Waals surface area (Å²) in [6, 6.07) is 14.0. The number of nitrogens with zero attached hydrogens (tertiary/aromatic N) is 4. The van der Waals surface area contributed by atoms with E-state index in [1.165, 1.54) is 21.2 Å². The lowest BCUT2D eigenvalue weighted by Gasteiger charge is -2.24. The SMILES string of the molecule is COc1ccccc1-c1noc(C[N+]2=C3C=CSC3C(=O)N(Cc3ccccc3Cl)C2=O)n1. The number of imide groups is 1. The predicted molar refractivity (Wildman–Crippen MR) is 123 cm³/mol. The zero-order chi connectivity index (χ0) is 22.9. The van der Waals surface area contributed by atoms with Crippen LogP contribution in [0.1, 0.15) is 11.5 Å². The van der Waals surface area contributed by atoms with Crippen LogP contribution >= 0.6 is 23.4 Å². The second-order valence-electron chi connectivity index (χ2n) is 7.34. The van der Waals surface area contributed by atoms with Gasteiger partial charge in [-0.2, -0.15) is 19.3 Å². The number of amides is 3. The predicted octanol–water partition coefficient (Wildman–Crippen LogP) is 4.14. The van der Waals surface area contributed by atoms with E-state index in [0.29, 0.717) is 33.4 Å². The molecule has 8 nitrogen and oxygen atoms in total. The highest BCUT2D eigenvalue weighted by molar-refractivity contribution is 8.04. The molecule has 10 heteroatoms. The van der Waals surface area contributed by atoms with Gasteiger partial charge in [0.25, 0.3) is 5.89 Å². The van der Waals surface area contributed by atoms with Gasteiger partial charge in [-0.05, 0) is 29.7 Å². The second kappa shape index (κ2) is 8.84. The number of rotatable bonds is 6. The van der Waals surface area contributed by atoms with E-state index in [9.17, 15) is 9.59 Å². The first-order valence-corrected chi connectivity index (χ1v) is 11.4. The first kappa shape index (κ1) is 21.4. The number of allylic oxidation sites excluding steroid dienone is 1. The summed E-state index contributed by atoms with van der Waals surface area (Å²) in [5, 5.41) is 5.84. The summed E-state index contributed by atoms with van der Waals surface area (Å²) in [6.07, 6.45) is 1.77. The molecule has 0 saturated carbocycles. The lowest BCUT2D eigenvalue weighted by molar-refractivity contribution is -0.458. The Morgan fingerprint density at radius 3 is 2.79 bits per heavy atom. The topological polar surface area (TPSA) is 88.5 Å². The molecule has 3 amide bonds. The van der Waals surface area contributed by atoms with Gasteiger partial charge in [0.05, 0.1) is 12.7 Å². The first-order valence-electron chi connectivity index (χ1n) is 10.1. The van der Waals surface area contributed by atoms with Gasteiger partial charge in [0.1, 0.15) is 18.0 Å². The van der Waals surface area contributed by atoms with Crippen molar-refractivity contribution in [3.8, 4) is 17.1 Å². The van der Waals surface area contributed by atoms with Gasteiger partial charge >= 0.3 is 11.9 Å². The smallest absolute Gasteiger partial charge is 0.496 e. The third-order valence-corrected chi connectivity index (χ3v) is 6.76. The molecular weight excluding hydrogens is 464 g/mol. The van der Waals surface area contributed by atoms with Crippen molar-refractivity contribution < 1.29 is 23.4 Å². The van der Waals surface area contributed by atoms with Gasteiger partial charge in [0.15, 0.2) is 11.8 Å². The Bertz CT molecular complexity index is 1320. The number of thioether (sulfide) groups is 1. The number of fused-ring (bicyclic) bond motifs is 1. The lowest BCUT2D eigenvalue weighted by Crippen LogP contribution is -2.54. The fourth-order valence-electron chi connectivity index (χ4n) is 3.75. The third kappa shape index (κ3) is 3.94. The standard InChI is InChI=1S/C23H18ClN4O4S/c1-31-18-9-5-3-7-15(18)21-25-19(32-26-21)13-27-17-10-11-33-20(17)22(29)28(23(27)30)12-14-6-2-4-8-16(14)24/h2-11,20H,12-13H2,1H3/q+1. The summed E-state index contributed by atoms with van der Waals surface area (Å²) >= 11 is 7.63. The van der Waals surface area contributed by atoms with E-state index in [4.69, 9.17) is 20.9 Å². The fourth-order valence-corrected chi connectivity index (χ4v) is 4.91. The van der Waals surface area contributed by atoms with Crippen LogP contribution in [0.2, 0.25) is 5.02 Å². The van der Waals surface area contributed by atoms with Crippen molar-refractivity contribution in [1.29, 1.82) is 0 Å². The largest absolute Gasteiger partial charge is 0.501 e. The molecule has 3 aromatic rings. The molecule has 2 aliphatic heterocycles. The number of aromatic nitrogens is 2. The van der Waals surface area contributed by atoms with Gasteiger partial charge < -0.3 is 9.26 Å². The average molecular weight is 482 g/mol. The maximum absolute atomic E-state index is 13.4. The van der Waals surface area contributed by atoms with Crippen LogP contribution in [0.25, 0.3) is 11.4 Å². The Balaban J connectivity index is 1.46. The number of halogens is 1. The molecule has 1 aromatic heterocycles. The molecule has 3 heterocycles. The molecular formula is C23H18ClN4O4S+. The number of methoxy groups -OCH3 is 1. The van der Waals surface area contributed by atoms with Gasteiger partial charge in [-0.25, -0.2) is 4.79 Å². The molecule has 33 heavy (non-hydrogen) atoms. The zero-order valence-corrected chi connectivity index (χ0v) is 19.0. The Morgan fingerprint density at radius 1 is 1.18 bits per heavy atom. The summed E-state index contributed by atoms with van der Waals surface area (Å²) in [5.74, 6) is 0.933. The van der Waals surface area contributed by atoms with Crippen LogP contribution in [0.5, 0.6) is 5.75 Å². The van der Waals surface area contributed by atoms with Crippen LogP contribution in [-0.2, 0) is 17.9 Å². The number of para-hydroxylation sites is 1. The van der Waals surface area contributed by atoms with Crippen molar-refractivity contribution in [3.63, 3.8) is 0 Å². The van der Waals surface area contributed by atoms with Crippen molar-refractivity contribution in [1.82, 2.24) is 15.0 Å². The normalized spacial score (nSPS) is 17.6. The van der Waals surface area contributed by atoms with E-state index >= 15 is 0 Å². The second-order valence-corrected chi connectivity index (χ2v) is 8.76. The van der Waals surface area contributed by atoms with Gasteiger partial charge in [-0.1, -0.05) is 47.1 Å². The first-order chi connectivity index (χ1) is 16.1. The summed E-state index contributed by atoms with van der Waals surface area (Å²) in [4.78, 5) is 32.1. The molecule has 1 atom stereocenters. The molecule has 0 bridgehead atoms. The molecule has 5 rings (SSSR count). The Morgan fingerprint density at radius 2 is 1.97 bits per heavy atom. The van der Waals surface area contributed by atoms with E-state index in [1.807, 2.05) is 29.7 Å². The van der Waals surface area contributed by atoms with Crippen LogP contribution in [0.3, 0.4) is 0 Å². The summed E-state index contributed by atoms with van der Waals surface area (Å²) < 4.78 is 12.3. The number of ether oxygens (including phenoxy) is 1. The highest BCUT2D eigenvalue weighted by atomic mass is 35.5. The van der Waals surface area contributed by atoms with Crippen molar-refractivity contribution in [3.05, 3.63) is 76.5 Å². The van der Waals surface area contributed by atoms with E-state index in [1.54, 1.807) is 37.5 Å². The Labute approximate surface area is 198 Å². The van der Waals surface area contributed by atoms with E-state index in [2.05, 4.69) is 10.1 Å². The maximum Gasteiger partial charge on any atom is 0.501 e. The number of hydrogen-bond donors (Lipinski definition) is 0. The number of carbonyl (C=O) groups is 2. The Kier molecular flexibility index (Phi) is 5.74. The zero-order valence-electron chi connectivity index (χ0n) is 17.5. The van der Waals surface area contributed by atoms with Gasteiger partial charge in [-0.15, -0.1) is 11.8 Å². The van der Waals surface area contributed by atoms with E-state index < -0.39 is 11.3 Å². The molecule has 0 radical (unpaired) electrons. The Hall–Kier alpha value is -3.43. The molecule has 0 spiro atoms. The molecule has 0 fully saturated rings. The van der Waals surface area contributed by atoms with Crippen molar-refractivity contribution in [2.24, 2.45) is 0 Å². The number of hydrogen-bond acceptors (Lipinski definition) is 7. The average Bonchev–Trinajstić information content (AvgIpc) is 3.50. The summed E-state index contributed by atoms with van der Waals surface area (Å²) in [5.41, 5.74) is 1.97. The fraction of sp³-hybridized carbons (Fsp3) is 0.174. The highest BCUT2D eigenvalue weighted by Crippen LogP contribution is 2.31. The highest BCUT2D eigenvalue weighted by Gasteiger charge is 2.49. The number of urea groups is 1. The van der Waals surface area contributed by atoms with Gasteiger partial charge in [0, 0.05) is 10.6 Å². The molecule has 1 unspecified atom stereocenters. The molecule has 2 aromatic carbocycles. The quantitative estimate of drug-likeness (QED) is 0.489. The molecule has 0 aliphatic carbocycles. The minimum atomic E-state index is -0.512. The monoisotopic (exact) mass is 481 g/mol. The van der Waals surface area contributed by atoms with Crippen LogP contribution in [0, 0.1) is 0 Å². The third-order valence-electron chi connectivity index (χ3n) is 5.38. The summed E-state index contributed by atoms with van der Waals surface area (Å²) in [6.45, 7) is 0.110. The number of benzene rings is 2. The maximum atomic E-state index is 13.4. The van der Waals surface area contributed by atoms with Crippen molar-refractivity contribution >= 4 is 41.0 Å². The number of carbonyl (C=O) groups excluding carboxylic acids is 2.